The van der Waals surface area contributed by atoms with Gasteiger partial charge in [0.05, 0.1) is 11.5 Å². The third-order valence-corrected chi connectivity index (χ3v) is 5.05. The minimum Gasteiger partial charge on any atom is -0.395 e. The van der Waals surface area contributed by atoms with Gasteiger partial charge in [-0.25, -0.2) is 13.1 Å². The summed E-state index contributed by atoms with van der Waals surface area (Å²) in [6.07, 6.45) is 3.07. The molecule has 1 unspecified atom stereocenters. The SMILES string of the molecule is CCC(CSC)NS(=O)(=O)c1cccc(C#CCCO)c1. The van der Waals surface area contributed by atoms with Crippen LogP contribution >= 0.6 is 11.8 Å². The highest BCUT2D eigenvalue weighted by Gasteiger charge is 2.18. The third kappa shape index (κ3) is 6.10. The Morgan fingerprint density at radius 2 is 2.19 bits per heavy atom. The summed E-state index contributed by atoms with van der Waals surface area (Å²) >= 11 is 1.61. The second kappa shape index (κ2) is 9.11. The lowest BCUT2D eigenvalue weighted by atomic mass is 10.2. The zero-order chi connectivity index (χ0) is 15.7. The molecule has 0 heterocycles. The lowest BCUT2D eigenvalue weighted by molar-refractivity contribution is 0.305. The number of rotatable bonds is 7. The Kier molecular flexibility index (Phi) is 7.83. The second-order valence-electron chi connectivity index (χ2n) is 4.49. The number of nitrogens with one attached hydrogen (secondary N) is 1. The standard InChI is InChI=1S/C15H21NO3S2/c1-3-14(12-20-2)16-21(18,19)15-9-6-8-13(11-15)7-4-5-10-17/h6,8-9,11,14,16-17H,3,5,10,12H2,1-2H3. The molecule has 0 saturated heterocycles. The number of sulfonamides is 1. The maximum atomic E-state index is 12.3. The Morgan fingerprint density at radius 3 is 2.81 bits per heavy atom. The summed E-state index contributed by atoms with van der Waals surface area (Å²) in [5, 5.41) is 8.69. The van der Waals surface area contributed by atoms with E-state index < -0.39 is 10.0 Å². The maximum Gasteiger partial charge on any atom is 0.240 e. The summed E-state index contributed by atoms with van der Waals surface area (Å²) < 4.78 is 27.4. The van der Waals surface area contributed by atoms with Crippen molar-refractivity contribution in [3.05, 3.63) is 29.8 Å². The van der Waals surface area contributed by atoms with E-state index in [-0.39, 0.29) is 17.5 Å². The van der Waals surface area contributed by atoms with Gasteiger partial charge in [-0.2, -0.15) is 11.8 Å². The minimum atomic E-state index is -3.53. The highest BCUT2D eigenvalue weighted by Crippen LogP contribution is 2.13. The topological polar surface area (TPSA) is 66.4 Å². The smallest absolute Gasteiger partial charge is 0.240 e. The molecule has 0 aromatic heterocycles. The van der Waals surface area contributed by atoms with Gasteiger partial charge in [0, 0.05) is 23.8 Å². The quantitative estimate of drug-likeness (QED) is 0.750. The summed E-state index contributed by atoms with van der Waals surface area (Å²) in [6.45, 7) is 1.96. The van der Waals surface area contributed by atoms with Crippen molar-refractivity contribution in [2.24, 2.45) is 0 Å². The molecule has 0 spiro atoms. The van der Waals surface area contributed by atoms with E-state index in [9.17, 15) is 8.42 Å². The van der Waals surface area contributed by atoms with Crippen LogP contribution in [0.2, 0.25) is 0 Å². The van der Waals surface area contributed by atoms with Gasteiger partial charge in [0.2, 0.25) is 10.0 Å². The van der Waals surface area contributed by atoms with Gasteiger partial charge in [-0.3, -0.25) is 0 Å². The van der Waals surface area contributed by atoms with Crippen LogP contribution in [0.4, 0.5) is 0 Å². The van der Waals surface area contributed by atoms with Crippen molar-refractivity contribution in [2.45, 2.75) is 30.7 Å². The fourth-order valence-corrected chi connectivity index (χ4v) is 3.88. The van der Waals surface area contributed by atoms with Crippen molar-refractivity contribution in [2.75, 3.05) is 18.6 Å². The van der Waals surface area contributed by atoms with Crippen molar-refractivity contribution >= 4 is 21.8 Å². The van der Waals surface area contributed by atoms with E-state index in [0.717, 1.165) is 12.2 Å². The van der Waals surface area contributed by atoms with Gasteiger partial charge in [0.25, 0.3) is 0 Å². The van der Waals surface area contributed by atoms with Gasteiger partial charge in [-0.05, 0) is 30.9 Å². The molecule has 1 aromatic rings. The number of aliphatic hydroxyl groups is 1. The first kappa shape index (κ1) is 18.1. The predicted molar refractivity (Wildman–Crippen MR) is 87.8 cm³/mol. The molecular formula is C15H21NO3S2. The van der Waals surface area contributed by atoms with Gasteiger partial charge < -0.3 is 5.11 Å². The monoisotopic (exact) mass is 327 g/mol. The first-order chi connectivity index (χ1) is 10.0. The van der Waals surface area contributed by atoms with Crippen molar-refractivity contribution in [3.63, 3.8) is 0 Å². The van der Waals surface area contributed by atoms with E-state index >= 15 is 0 Å². The molecule has 0 bridgehead atoms. The van der Waals surface area contributed by atoms with E-state index in [1.807, 2.05) is 13.2 Å². The number of aliphatic hydroxyl groups excluding tert-OH is 1. The zero-order valence-electron chi connectivity index (χ0n) is 12.3. The lowest BCUT2D eigenvalue weighted by Gasteiger charge is -2.16. The fraction of sp³-hybridized carbons (Fsp3) is 0.467. The third-order valence-electron chi connectivity index (χ3n) is 2.80. The first-order valence-electron chi connectivity index (χ1n) is 6.74. The lowest BCUT2D eigenvalue weighted by Crippen LogP contribution is -2.36. The summed E-state index contributed by atoms with van der Waals surface area (Å²) in [5.41, 5.74) is 0.629. The average molecular weight is 327 g/mol. The van der Waals surface area contributed by atoms with E-state index in [0.29, 0.717) is 12.0 Å². The van der Waals surface area contributed by atoms with Crippen molar-refractivity contribution in [1.82, 2.24) is 4.72 Å². The van der Waals surface area contributed by atoms with Crippen LogP contribution in [-0.2, 0) is 10.0 Å². The average Bonchev–Trinajstić information content (AvgIpc) is 2.47. The van der Waals surface area contributed by atoms with Crippen molar-refractivity contribution in [1.29, 1.82) is 0 Å². The first-order valence-corrected chi connectivity index (χ1v) is 9.62. The number of thioether (sulfide) groups is 1. The Balaban J connectivity index is 2.93. The van der Waals surface area contributed by atoms with Crippen LogP contribution in [0.5, 0.6) is 0 Å². The summed E-state index contributed by atoms with van der Waals surface area (Å²) in [6, 6.07) is 6.47. The molecule has 21 heavy (non-hydrogen) atoms. The Morgan fingerprint density at radius 1 is 1.43 bits per heavy atom. The molecule has 0 fully saturated rings. The molecule has 0 aliphatic heterocycles. The molecule has 4 nitrogen and oxygen atoms in total. The van der Waals surface area contributed by atoms with Crippen LogP contribution < -0.4 is 4.72 Å². The Bertz CT molecular complexity index is 603. The molecule has 1 aromatic carbocycles. The maximum absolute atomic E-state index is 12.3. The van der Waals surface area contributed by atoms with Crippen LogP contribution in [0.15, 0.2) is 29.2 Å². The minimum absolute atomic E-state index is 0.000586. The molecule has 1 atom stereocenters. The molecule has 116 valence electrons. The highest BCUT2D eigenvalue weighted by molar-refractivity contribution is 7.98. The zero-order valence-corrected chi connectivity index (χ0v) is 13.9. The summed E-state index contributed by atoms with van der Waals surface area (Å²) in [7, 11) is -3.53. The number of benzene rings is 1. The summed E-state index contributed by atoms with van der Waals surface area (Å²) in [5.74, 6) is 6.37. The van der Waals surface area contributed by atoms with Crippen molar-refractivity contribution in [3.8, 4) is 11.8 Å². The van der Waals surface area contributed by atoms with Gasteiger partial charge in [-0.1, -0.05) is 24.8 Å². The summed E-state index contributed by atoms with van der Waals surface area (Å²) in [4.78, 5) is 0.220. The molecule has 0 radical (unpaired) electrons. The molecule has 1 rings (SSSR count). The van der Waals surface area contributed by atoms with Gasteiger partial charge >= 0.3 is 0 Å². The molecule has 6 heteroatoms. The van der Waals surface area contributed by atoms with Crippen LogP contribution in [-0.4, -0.2) is 38.2 Å². The molecule has 0 amide bonds. The molecule has 0 saturated carbocycles. The van der Waals surface area contributed by atoms with Crippen LogP contribution in [0.1, 0.15) is 25.3 Å². The molecular weight excluding hydrogens is 306 g/mol. The molecule has 0 aliphatic carbocycles. The Hall–Kier alpha value is -1.00. The van der Waals surface area contributed by atoms with Crippen LogP contribution in [0, 0.1) is 11.8 Å². The predicted octanol–water partition coefficient (Wildman–Crippen LogP) is 1.84. The van der Waals surface area contributed by atoms with E-state index in [1.54, 1.807) is 36.0 Å². The fourth-order valence-electron chi connectivity index (χ4n) is 1.69. The van der Waals surface area contributed by atoms with E-state index in [2.05, 4.69) is 16.6 Å². The van der Waals surface area contributed by atoms with Crippen LogP contribution in [0.3, 0.4) is 0 Å². The van der Waals surface area contributed by atoms with Crippen molar-refractivity contribution < 1.29 is 13.5 Å². The largest absolute Gasteiger partial charge is 0.395 e. The highest BCUT2D eigenvalue weighted by atomic mass is 32.2. The Labute approximate surface area is 131 Å². The normalized spacial score (nSPS) is 12.5. The van der Waals surface area contributed by atoms with Gasteiger partial charge in [0.15, 0.2) is 0 Å². The van der Waals surface area contributed by atoms with Gasteiger partial charge in [-0.15, -0.1) is 0 Å². The molecule has 0 aliphatic rings. The molecule has 2 N–H and O–H groups in total. The van der Waals surface area contributed by atoms with E-state index in [4.69, 9.17) is 5.11 Å². The van der Waals surface area contributed by atoms with Gasteiger partial charge in [0.1, 0.15) is 0 Å². The van der Waals surface area contributed by atoms with Crippen LogP contribution in [0.25, 0.3) is 0 Å². The second-order valence-corrected chi connectivity index (χ2v) is 7.11. The van der Waals surface area contributed by atoms with E-state index in [1.165, 1.54) is 0 Å². The number of hydrogen-bond donors (Lipinski definition) is 2. The number of hydrogen-bond acceptors (Lipinski definition) is 4.